The second kappa shape index (κ2) is 8.82. The molecule has 26 heavy (non-hydrogen) atoms. The number of ether oxygens (including phenoxy) is 1. The maximum Gasteiger partial charge on any atom is 0.265 e. The Hall–Kier alpha value is -2.38. The molecule has 0 aliphatic carbocycles. The van der Waals surface area contributed by atoms with E-state index in [9.17, 15) is 13.2 Å². The van der Waals surface area contributed by atoms with Crippen molar-refractivity contribution in [3.05, 3.63) is 54.6 Å². The fourth-order valence-electron chi connectivity index (χ4n) is 2.42. The zero-order chi connectivity index (χ0) is 19.2. The van der Waals surface area contributed by atoms with Crippen molar-refractivity contribution in [1.82, 2.24) is 4.31 Å². The van der Waals surface area contributed by atoms with Gasteiger partial charge in [-0.3, -0.25) is 4.79 Å². The summed E-state index contributed by atoms with van der Waals surface area (Å²) in [6.45, 7) is 6.06. The minimum absolute atomic E-state index is 0.202. The number of nitrogens with zero attached hydrogens (tertiary/aromatic N) is 1. The highest BCUT2D eigenvalue weighted by molar-refractivity contribution is 7.89. The Labute approximate surface area is 154 Å². The zero-order valence-corrected chi connectivity index (χ0v) is 16.0. The maximum absolute atomic E-state index is 12.5. The second-order valence-corrected chi connectivity index (χ2v) is 7.61. The minimum atomic E-state index is -3.51. The lowest BCUT2D eigenvalue weighted by Gasteiger charge is -2.19. The molecule has 0 radical (unpaired) electrons. The summed E-state index contributed by atoms with van der Waals surface area (Å²) < 4.78 is 31.9. The average Bonchev–Trinajstić information content (AvgIpc) is 2.63. The molecule has 0 saturated carbocycles. The van der Waals surface area contributed by atoms with Gasteiger partial charge in [0.25, 0.3) is 5.91 Å². The number of nitrogens with one attached hydrogen (secondary N) is 1. The number of carbonyl (C=O) groups is 1. The summed E-state index contributed by atoms with van der Waals surface area (Å²) in [5, 5.41) is 2.73. The summed E-state index contributed by atoms with van der Waals surface area (Å²) in [6.07, 6.45) is -0.684. The molecule has 7 heteroatoms. The van der Waals surface area contributed by atoms with Gasteiger partial charge >= 0.3 is 0 Å². The van der Waals surface area contributed by atoms with Crippen molar-refractivity contribution in [2.75, 3.05) is 18.4 Å². The van der Waals surface area contributed by atoms with Gasteiger partial charge in [-0.05, 0) is 43.3 Å². The molecule has 6 nitrogen and oxygen atoms in total. The lowest BCUT2D eigenvalue weighted by molar-refractivity contribution is -0.122. The maximum atomic E-state index is 12.5. The van der Waals surface area contributed by atoms with Crippen LogP contribution >= 0.6 is 0 Å². The molecule has 2 aromatic carbocycles. The molecule has 0 saturated heterocycles. The number of para-hydroxylation sites is 1. The normalized spacial score (nSPS) is 12.6. The first-order chi connectivity index (χ1) is 12.4. The first kappa shape index (κ1) is 19.9. The second-order valence-electron chi connectivity index (χ2n) is 5.68. The molecule has 2 aromatic rings. The smallest absolute Gasteiger partial charge is 0.265 e. The van der Waals surface area contributed by atoms with Gasteiger partial charge in [-0.2, -0.15) is 4.31 Å². The van der Waals surface area contributed by atoms with E-state index in [2.05, 4.69) is 5.32 Å². The molecule has 0 bridgehead atoms. The van der Waals surface area contributed by atoms with Crippen molar-refractivity contribution in [3.8, 4) is 5.75 Å². The number of sulfonamides is 1. The Morgan fingerprint density at radius 1 is 1.04 bits per heavy atom. The van der Waals surface area contributed by atoms with Gasteiger partial charge in [0.15, 0.2) is 6.10 Å². The van der Waals surface area contributed by atoms with E-state index in [0.29, 0.717) is 24.5 Å². The van der Waals surface area contributed by atoms with Crippen LogP contribution in [-0.2, 0) is 14.8 Å². The van der Waals surface area contributed by atoms with Crippen LogP contribution in [0.1, 0.15) is 20.8 Å². The molecular weight excluding hydrogens is 352 g/mol. The number of hydrogen-bond donors (Lipinski definition) is 1. The third kappa shape index (κ3) is 4.83. The summed E-state index contributed by atoms with van der Waals surface area (Å²) in [5.41, 5.74) is 0.511. The van der Waals surface area contributed by atoms with Crippen LogP contribution < -0.4 is 10.1 Å². The van der Waals surface area contributed by atoms with E-state index in [4.69, 9.17) is 4.74 Å². The summed E-state index contributed by atoms with van der Waals surface area (Å²) >= 11 is 0. The molecule has 1 atom stereocenters. The third-order valence-corrected chi connectivity index (χ3v) is 5.95. The van der Waals surface area contributed by atoms with Gasteiger partial charge in [0, 0.05) is 18.8 Å². The first-order valence-electron chi connectivity index (χ1n) is 8.51. The predicted molar refractivity (Wildman–Crippen MR) is 102 cm³/mol. The van der Waals surface area contributed by atoms with E-state index in [1.165, 1.54) is 16.4 Å². The average molecular weight is 376 g/mol. The van der Waals surface area contributed by atoms with Crippen molar-refractivity contribution < 1.29 is 17.9 Å². The van der Waals surface area contributed by atoms with E-state index < -0.39 is 16.1 Å². The van der Waals surface area contributed by atoms with Gasteiger partial charge < -0.3 is 10.1 Å². The molecule has 0 unspecified atom stereocenters. The Morgan fingerprint density at radius 3 is 2.15 bits per heavy atom. The van der Waals surface area contributed by atoms with Gasteiger partial charge in [-0.25, -0.2) is 8.42 Å². The highest BCUT2D eigenvalue weighted by Crippen LogP contribution is 2.19. The highest BCUT2D eigenvalue weighted by Gasteiger charge is 2.21. The van der Waals surface area contributed by atoms with Crippen molar-refractivity contribution >= 4 is 21.6 Å². The molecule has 1 N–H and O–H groups in total. The van der Waals surface area contributed by atoms with Crippen molar-refractivity contribution in [2.24, 2.45) is 0 Å². The fraction of sp³-hybridized carbons (Fsp3) is 0.316. The van der Waals surface area contributed by atoms with Crippen LogP contribution in [0.2, 0.25) is 0 Å². The molecule has 0 aromatic heterocycles. The molecule has 0 spiro atoms. The fourth-order valence-corrected chi connectivity index (χ4v) is 3.88. The summed E-state index contributed by atoms with van der Waals surface area (Å²) in [5.74, 6) is 0.295. The lowest BCUT2D eigenvalue weighted by Crippen LogP contribution is -2.31. The topological polar surface area (TPSA) is 75.7 Å². The molecular formula is C19H24N2O4S. The van der Waals surface area contributed by atoms with Crippen molar-refractivity contribution in [2.45, 2.75) is 31.8 Å². The van der Waals surface area contributed by atoms with Crippen LogP contribution in [0.25, 0.3) is 0 Å². The molecule has 0 aliphatic rings. The van der Waals surface area contributed by atoms with E-state index in [-0.39, 0.29) is 10.8 Å². The predicted octanol–water partition coefficient (Wildman–Crippen LogP) is 3.12. The summed E-state index contributed by atoms with van der Waals surface area (Å²) in [7, 11) is -3.51. The number of rotatable bonds is 8. The molecule has 2 rings (SSSR count). The number of carbonyl (C=O) groups excluding carboxylic acids is 1. The number of amides is 1. The van der Waals surface area contributed by atoms with Gasteiger partial charge in [0.05, 0.1) is 4.90 Å². The Bertz CT molecular complexity index is 816. The molecule has 140 valence electrons. The SMILES string of the molecule is CCN(CC)S(=O)(=O)c1ccc(NC(=O)[C@@H](C)Oc2ccccc2)cc1. The van der Waals surface area contributed by atoms with Gasteiger partial charge in [-0.15, -0.1) is 0 Å². The number of hydrogen-bond acceptors (Lipinski definition) is 4. The molecule has 0 fully saturated rings. The van der Waals surface area contributed by atoms with Crippen molar-refractivity contribution in [1.29, 1.82) is 0 Å². The summed E-state index contributed by atoms with van der Waals surface area (Å²) in [6, 6.07) is 15.2. The van der Waals surface area contributed by atoms with Crippen LogP contribution in [0, 0.1) is 0 Å². The standard InChI is InChI=1S/C19H24N2O4S/c1-4-21(5-2)26(23,24)18-13-11-16(12-14-18)20-19(22)15(3)25-17-9-7-6-8-10-17/h6-15H,4-5H2,1-3H3,(H,20,22)/t15-/m1/s1. The lowest BCUT2D eigenvalue weighted by atomic mass is 10.3. The van der Waals surface area contributed by atoms with E-state index in [1.54, 1.807) is 45.0 Å². The van der Waals surface area contributed by atoms with E-state index >= 15 is 0 Å². The minimum Gasteiger partial charge on any atom is -0.481 e. The van der Waals surface area contributed by atoms with E-state index in [0.717, 1.165) is 0 Å². The zero-order valence-electron chi connectivity index (χ0n) is 15.2. The first-order valence-corrected chi connectivity index (χ1v) is 9.95. The monoisotopic (exact) mass is 376 g/mol. The van der Waals surface area contributed by atoms with Crippen LogP contribution in [-0.4, -0.2) is 37.8 Å². The van der Waals surface area contributed by atoms with Crippen LogP contribution in [0.5, 0.6) is 5.75 Å². The van der Waals surface area contributed by atoms with Gasteiger partial charge in [0.1, 0.15) is 5.75 Å². The quantitative estimate of drug-likeness (QED) is 0.768. The van der Waals surface area contributed by atoms with Crippen LogP contribution in [0.15, 0.2) is 59.5 Å². The third-order valence-electron chi connectivity index (χ3n) is 3.89. The van der Waals surface area contributed by atoms with Crippen LogP contribution in [0.4, 0.5) is 5.69 Å². The van der Waals surface area contributed by atoms with Crippen molar-refractivity contribution in [3.63, 3.8) is 0 Å². The molecule has 0 aliphatic heterocycles. The number of anilines is 1. The Balaban J connectivity index is 2.03. The largest absolute Gasteiger partial charge is 0.481 e. The number of benzene rings is 2. The van der Waals surface area contributed by atoms with Gasteiger partial charge in [0.2, 0.25) is 10.0 Å². The van der Waals surface area contributed by atoms with Gasteiger partial charge in [-0.1, -0.05) is 32.0 Å². The molecule has 0 heterocycles. The Morgan fingerprint density at radius 2 is 1.62 bits per heavy atom. The highest BCUT2D eigenvalue weighted by atomic mass is 32.2. The van der Waals surface area contributed by atoms with Crippen LogP contribution in [0.3, 0.4) is 0 Å². The van der Waals surface area contributed by atoms with E-state index in [1.807, 2.05) is 18.2 Å². The molecule has 1 amide bonds. The Kier molecular flexibility index (Phi) is 6.76. The summed E-state index contributed by atoms with van der Waals surface area (Å²) in [4.78, 5) is 12.4.